The predicted molar refractivity (Wildman–Crippen MR) is 141 cm³/mol. The summed E-state index contributed by atoms with van der Waals surface area (Å²) < 4.78 is 7.89. The van der Waals surface area contributed by atoms with E-state index in [-0.39, 0.29) is 0 Å². The molecule has 0 aliphatic carbocycles. The third kappa shape index (κ3) is 4.29. The SMILES string of the molecule is CCc1cc(OCC(=O)O)c2c3c(C(N)=O)cccc3n(Cc3cccc(-c4ccccc4)c3)c2c1. The third-order valence-corrected chi connectivity index (χ3v) is 6.41. The standard InChI is InChI=1S/C30H26N2O4/c1-2-19-15-25-29(26(16-19)36-18-27(33)34)28-23(30(31)35)12-7-13-24(28)32(25)17-20-8-6-11-22(14-20)21-9-4-3-5-10-21/h3-16H,2,17-18H2,1H3,(H2,31,35)(H,33,34). The van der Waals surface area contributed by atoms with Crippen LogP contribution in [0.5, 0.6) is 5.75 Å². The number of benzene rings is 4. The number of carboxylic acid groups (broad SMARTS) is 1. The van der Waals surface area contributed by atoms with Crippen molar-refractivity contribution in [3.8, 4) is 16.9 Å². The fourth-order valence-corrected chi connectivity index (χ4v) is 4.77. The zero-order valence-electron chi connectivity index (χ0n) is 19.9. The number of fused-ring (bicyclic) bond motifs is 3. The number of carbonyl (C=O) groups is 2. The fraction of sp³-hybridized carbons (Fsp3) is 0.133. The Kier molecular flexibility index (Phi) is 6.17. The number of rotatable bonds is 8. The number of primary amides is 1. The second kappa shape index (κ2) is 9.58. The van der Waals surface area contributed by atoms with Crippen LogP contribution in [0.25, 0.3) is 32.9 Å². The van der Waals surface area contributed by atoms with E-state index in [2.05, 4.69) is 41.0 Å². The number of hydrogen-bond acceptors (Lipinski definition) is 3. The zero-order chi connectivity index (χ0) is 25.2. The van der Waals surface area contributed by atoms with E-state index in [0.29, 0.717) is 28.6 Å². The number of nitrogens with two attached hydrogens (primary N) is 1. The van der Waals surface area contributed by atoms with Crippen LogP contribution in [0.3, 0.4) is 0 Å². The van der Waals surface area contributed by atoms with Crippen molar-refractivity contribution in [1.29, 1.82) is 0 Å². The minimum Gasteiger partial charge on any atom is -0.481 e. The molecule has 0 saturated heterocycles. The molecule has 0 aliphatic rings. The Hall–Kier alpha value is -4.58. The van der Waals surface area contributed by atoms with Gasteiger partial charge in [0.2, 0.25) is 5.91 Å². The number of ether oxygens (including phenoxy) is 1. The first-order valence-electron chi connectivity index (χ1n) is 11.8. The lowest BCUT2D eigenvalue weighted by molar-refractivity contribution is -0.139. The van der Waals surface area contributed by atoms with Gasteiger partial charge in [-0.1, -0.05) is 61.5 Å². The fourth-order valence-electron chi connectivity index (χ4n) is 4.77. The van der Waals surface area contributed by atoms with Crippen LogP contribution in [0.1, 0.15) is 28.4 Å². The predicted octanol–water partition coefficient (Wildman–Crippen LogP) is 5.63. The molecule has 180 valence electrons. The zero-order valence-corrected chi connectivity index (χ0v) is 19.9. The number of carbonyl (C=O) groups excluding carboxylic acids is 1. The van der Waals surface area contributed by atoms with Crippen LogP contribution in [0.2, 0.25) is 0 Å². The summed E-state index contributed by atoms with van der Waals surface area (Å²) in [4.78, 5) is 23.7. The van der Waals surface area contributed by atoms with Crippen molar-refractivity contribution in [2.75, 3.05) is 6.61 Å². The van der Waals surface area contributed by atoms with Crippen LogP contribution in [-0.4, -0.2) is 28.2 Å². The van der Waals surface area contributed by atoms with Crippen molar-refractivity contribution in [1.82, 2.24) is 4.57 Å². The molecule has 0 fully saturated rings. The molecule has 3 N–H and O–H groups in total. The number of hydrogen-bond donors (Lipinski definition) is 2. The number of nitrogens with zero attached hydrogens (tertiary/aromatic N) is 1. The molecule has 0 spiro atoms. The third-order valence-electron chi connectivity index (χ3n) is 6.41. The summed E-state index contributed by atoms with van der Waals surface area (Å²) in [6.07, 6.45) is 0.743. The Labute approximate surface area is 208 Å². The van der Waals surface area contributed by atoms with Gasteiger partial charge in [0, 0.05) is 17.5 Å². The molecule has 6 nitrogen and oxygen atoms in total. The van der Waals surface area contributed by atoms with E-state index < -0.39 is 18.5 Å². The molecule has 36 heavy (non-hydrogen) atoms. The summed E-state index contributed by atoms with van der Waals surface area (Å²) in [5.74, 6) is -1.18. The van der Waals surface area contributed by atoms with E-state index in [0.717, 1.165) is 39.7 Å². The van der Waals surface area contributed by atoms with Gasteiger partial charge < -0.3 is 20.1 Å². The van der Waals surface area contributed by atoms with Crippen molar-refractivity contribution in [2.24, 2.45) is 5.73 Å². The van der Waals surface area contributed by atoms with Crippen LogP contribution < -0.4 is 10.5 Å². The highest BCUT2D eigenvalue weighted by molar-refractivity contribution is 6.20. The summed E-state index contributed by atoms with van der Waals surface area (Å²) >= 11 is 0. The summed E-state index contributed by atoms with van der Waals surface area (Å²) in [5.41, 5.74) is 12.2. The van der Waals surface area contributed by atoms with Crippen molar-refractivity contribution in [3.63, 3.8) is 0 Å². The Morgan fingerprint density at radius 1 is 0.833 bits per heavy atom. The largest absolute Gasteiger partial charge is 0.481 e. The van der Waals surface area contributed by atoms with Gasteiger partial charge in [0.25, 0.3) is 0 Å². The molecule has 6 heteroatoms. The van der Waals surface area contributed by atoms with Crippen molar-refractivity contribution < 1.29 is 19.4 Å². The molecule has 0 bridgehead atoms. The lowest BCUT2D eigenvalue weighted by Crippen LogP contribution is -2.12. The lowest BCUT2D eigenvalue weighted by Gasteiger charge is -2.12. The topological polar surface area (TPSA) is 94.6 Å². The number of carboxylic acids is 1. The van der Waals surface area contributed by atoms with Gasteiger partial charge >= 0.3 is 5.97 Å². The summed E-state index contributed by atoms with van der Waals surface area (Å²) in [7, 11) is 0. The maximum atomic E-state index is 12.4. The lowest BCUT2D eigenvalue weighted by atomic mass is 10.0. The minimum atomic E-state index is -1.07. The average molecular weight is 479 g/mol. The second-order valence-electron chi connectivity index (χ2n) is 8.74. The molecule has 5 rings (SSSR count). The Morgan fingerprint density at radius 2 is 1.58 bits per heavy atom. The molecular weight excluding hydrogens is 452 g/mol. The molecule has 1 aromatic heterocycles. The van der Waals surface area contributed by atoms with Crippen LogP contribution in [0.15, 0.2) is 84.9 Å². The summed E-state index contributed by atoms with van der Waals surface area (Å²) in [6.45, 7) is 2.11. The first-order valence-corrected chi connectivity index (χ1v) is 11.8. The Morgan fingerprint density at radius 3 is 2.31 bits per heavy atom. The number of aromatic nitrogens is 1. The van der Waals surface area contributed by atoms with E-state index in [1.165, 1.54) is 0 Å². The van der Waals surface area contributed by atoms with Gasteiger partial charge in [0.1, 0.15) is 5.75 Å². The summed E-state index contributed by atoms with van der Waals surface area (Å²) in [6, 6.07) is 28.0. The van der Waals surface area contributed by atoms with Gasteiger partial charge in [-0.15, -0.1) is 0 Å². The highest BCUT2D eigenvalue weighted by Gasteiger charge is 2.21. The van der Waals surface area contributed by atoms with Crippen LogP contribution in [-0.2, 0) is 17.8 Å². The molecule has 4 aromatic carbocycles. The van der Waals surface area contributed by atoms with Gasteiger partial charge in [-0.05, 0) is 59.0 Å². The highest BCUT2D eigenvalue weighted by atomic mass is 16.5. The molecule has 1 heterocycles. The highest BCUT2D eigenvalue weighted by Crippen LogP contribution is 2.39. The maximum absolute atomic E-state index is 12.4. The molecule has 0 atom stereocenters. The van der Waals surface area contributed by atoms with Gasteiger partial charge in [0.15, 0.2) is 6.61 Å². The first-order chi connectivity index (χ1) is 17.5. The second-order valence-corrected chi connectivity index (χ2v) is 8.74. The number of amides is 1. The van der Waals surface area contributed by atoms with E-state index >= 15 is 0 Å². The van der Waals surface area contributed by atoms with Gasteiger partial charge in [-0.25, -0.2) is 4.79 Å². The monoisotopic (exact) mass is 478 g/mol. The smallest absolute Gasteiger partial charge is 0.341 e. The maximum Gasteiger partial charge on any atom is 0.341 e. The van der Waals surface area contributed by atoms with E-state index in [4.69, 9.17) is 10.5 Å². The van der Waals surface area contributed by atoms with Crippen LogP contribution in [0, 0.1) is 0 Å². The number of aliphatic carboxylic acids is 1. The molecule has 0 aliphatic heterocycles. The van der Waals surface area contributed by atoms with Gasteiger partial charge in [0.05, 0.1) is 16.4 Å². The Balaban J connectivity index is 1.75. The molecule has 0 saturated carbocycles. The van der Waals surface area contributed by atoms with Gasteiger partial charge in [-0.3, -0.25) is 4.79 Å². The normalized spacial score (nSPS) is 11.1. The minimum absolute atomic E-state index is 0.374. The van der Waals surface area contributed by atoms with Gasteiger partial charge in [-0.2, -0.15) is 0 Å². The molecule has 1 amide bonds. The average Bonchev–Trinajstić information content (AvgIpc) is 3.21. The van der Waals surface area contributed by atoms with Crippen molar-refractivity contribution >= 4 is 33.7 Å². The molecule has 0 unspecified atom stereocenters. The molecule has 5 aromatic rings. The van der Waals surface area contributed by atoms with Crippen molar-refractivity contribution in [2.45, 2.75) is 19.9 Å². The molecular formula is C30H26N2O4. The number of aryl methyl sites for hydroxylation is 1. The first kappa shape index (κ1) is 23.2. The van der Waals surface area contributed by atoms with E-state index in [9.17, 15) is 14.7 Å². The van der Waals surface area contributed by atoms with Crippen LogP contribution >= 0.6 is 0 Å². The Bertz CT molecular complexity index is 1600. The van der Waals surface area contributed by atoms with Crippen molar-refractivity contribution in [3.05, 3.63) is 102 Å². The van der Waals surface area contributed by atoms with Crippen LogP contribution in [0.4, 0.5) is 0 Å². The van der Waals surface area contributed by atoms with E-state index in [1.54, 1.807) is 6.07 Å². The molecule has 0 radical (unpaired) electrons. The quantitative estimate of drug-likeness (QED) is 0.302. The van der Waals surface area contributed by atoms with E-state index in [1.807, 2.05) is 49.4 Å². The summed E-state index contributed by atoms with van der Waals surface area (Å²) in [5, 5.41) is 10.6.